The molecule has 0 saturated carbocycles. The van der Waals surface area contributed by atoms with Gasteiger partial charge in [0.05, 0.1) is 29.7 Å². The maximum Gasteiger partial charge on any atom is 0.335 e. The largest absolute Gasteiger partial charge is 0.497 e. The topological polar surface area (TPSA) is 153 Å². The summed E-state index contributed by atoms with van der Waals surface area (Å²) in [6.07, 6.45) is 1.53. The Balaban J connectivity index is 1.23. The van der Waals surface area contributed by atoms with Gasteiger partial charge < -0.3 is 25.2 Å². The molecule has 49 heavy (non-hydrogen) atoms. The molecule has 2 amide bonds. The molecular weight excluding hydrogens is 690 g/mol. The Kier molecular flexibility index (Phi) is 9.18. The van der Waals surface area contributed by atoms with Crippen LogP contribution in [-0.4, -0.2) is 44.0 Å². The second kappa shape index (κ2) is 13.6. The van der Waals surface area contributed by atoms with E-state index in [-0.39, 0.29) is 22.8 Å². The average Bonchev–Trinajstić information content (AvgIpc) is 3.50. The summed E-state index contributed by atoms with van der Waals surface area (Å²) in [4.78, 5) is 33.6. The van der Waals surface area contributed by atoms with Gasteiger partial charge in [-0.05, 0) is 54.6 Å². The first-order chi connectivity index (χ1) is 23.5. The van der Waals surface area contributed by atoms with Gasteiger partial charge in [-0.2, -0.15) is 10.1 Å². The molecule has 248 valence electrons. The minimum absolute atomic E-state index is 0.107. The van der Waals surface area contributed by atoms with Crippen LogP contribution in [0.2, 0.25) is 0 Å². The first-order valence-corrected chi connectivity index (χ1v) is 15.9. The first kappa shape index (κ1) is 33.0. The van der Waals surface area contributed by atoms with Crippen LogP contribution in [-0.2, 0) is 5.41 Å². The Morgan fingerprint density at radius 3 is 2.37 bits per heavy atom. The predicted octanol–water partition coefficient (Wildman–Crippen LogP) is 8.76. The molecule has 0 aliphatic heterocycles. The number of methoxy groups -OCH3 is 1. The summed E-state index contributed by atoms with van der Waals surface area (Å²) in [6.45, 7) is 6.18. The smallest absolute Gasteiger partial charge is 0.335 e. The maximum atomic E-state index is 13.4. The first-order valence-electron chi connectivity index (χ1n) is 15.1. The number of urea groups is 1. The number of amides is 2. The lowest BCUT2D eigenvalue weighted by Gasteiger charge is -2.14. The van der Waals surface area contributed by atoms with Crippen LogP contribution in [0.15, 0.2) is 102 Å². The van der Waals surface area contributed by atoms with Gasteiger partial charge in [-0.1, -0.05) is 61.0 Å². The van der Waals surface area contributed by atoms with Gasteiger partial charge in [0, 0.05) is 44.7 Å². The van der Waals surface area contributed by atoms with E-state index in [1.54, 1.807) is 36.1 Å². The van der Waals surface area contributed by atoms with Crippen LogP contribution in [0.4, 0.5) is 27.9 Å². The number of aromatic carboxylic acids is 1. The van der Waals surface area contributed by atoms with Crippen molar-refractivity contribution in [3.63, 3.8) is 0 Å². The highest BCUT2D eigenvalue weighted by Crippen LogP contribution is 2.35. The number of hydrogen-bond donors (Lipinski definition) is 4. The van der Waals surface area contributed by atoms with Gasteiger partial charge in [-0.15, -0.1) is 0 Å². The Hall–Kier alpha value is -5.95. The van der Waals surface area contributed by atoms with Crippen LogP contribution >= 0.6 is 15.9 Å². The highest BCUT2D eigenvalue weighted by Gasteiger charge is 2.22. The van der Waals surface area contributed by atoms with E-state index in [0.717, 1.165) is 22.2 Å². The van der Waals surface area contributed by atoms with Crippen molar-refractivity contribution in [3.8, 4) is 23.1 Å². The van der Waals surface area contributed by atoms with Crippen molar-refractivity contribution < 1.29 is 24.2 Å². The molecule has 12 nitrogen and oxygen atoms in total. The minimum Gasteiger partial charge on any atom is -0.497 e. The van der Waals surface area contributed by atoms with Gasteiger partial charge >= 0.3 is 12.0 Å². The fraction of sp³-hybridized carbons (Fsp3) is 0.139. The monoisotopic (exact) mass is 721 g/mol. The van der Waals surface area contributed by atoms with E-state index in [0.29, 0.717) is 33.2 Å². The number of rotatable bonds is 9. The highest BCUT2D eigenvalue weighted by atomic mass is 79.9. The van der Waals surface area contributed by atoms with E-state index in [1.165, 1.54) is 18.3 Å². The number of fused-ring (bicyclic) bond motifs is 1. The normalized spacial score (nSPS) is 11.2. The highest BCUT2D eigenvalue weighted by molar-refractivity contribution is 9.10. The molecule has 0 spiro atoms. The Morgan fingerprint density at radius 2 is 1.65 bits per heavy atom. The molecule has 4 N–H and O–H groups in total. The summed E-state index contributed by atoms with van der Waals surface area (Å²) in [5.74, 6) is 1.15. The number of hydrogen-bond acceptors (Lipinski definition) is 8. The summed E-state index contributed by atoms with van der Waals surface area (Å²) in [6, 6.07) is 26.2. The number of aromatic nitrogens is 4. The van der Waals surface area contributed by atoms with Crippen LogP contribution in [0.5, 0.6) is 17.4 Å². The summed E-state index contributed by atoms with van der Waals surface area (Å²) in [5, 5.41) is 24.6. The lowest BCUT2D eigenvalue weighted by Crippen LogP contribution is -2.21. The van der Waals surface area contributed by atoms with E-state index in [1.807, 2.05) is 54.6 Å². The molecule has 0 aliphatic rings. The summed E-state index contributed by atoms with van der Waals surface area (Å²) in [7, 11) is 1.61. The van der Waals surface area contributed by atoms with Gasteiger partial charge in [-0.25, -0.2) is 19.3 Å². The van der Waals surface area contributed by atoms with Gasteiger partial charge in [0.25, 0.3) is 0 Å². The van der Waals surface area contributed by atoms with E-state index in [2.05, 4.69) is 62.6 Å². The SMILES string of the molecule is COc1ccc(-n2nc(C(C)(C)C)cc2NC(=O)Nc2ccc(Oc3ccnc(Nc4cc(Br)cc(C(=O)O)c4)n3)c3ccccc23)cc1. The molecule has 0 unspecified atom stereocenters. The van der Waals surface area contributed by atoms with Gasteiger partial charge in [0.2, 0.25) is 11.8 Å². The minimum atomic E-state index is -1.06. The molecule has 0 atom stereocenters. The summed E-state index contributed by atoms with van der Waals surface area (Å²) >= 11 is 3.33. The van der Waals surface area contributed by atoms with Gasteiger partial charge in [0.15, 0.2) is 0 Å². The Labute approximate surface area is 290 Å². The molecular formula is C36H32BrN7O5. The number of carboxylic acid groups (broad SMARTS) is 1. The van der Waals surface area contributed by atoms with E-state index in [4.69, 9.17) is 14.6 Å². The van der Waals surface area contributed by atoms with E-state index < -0.39 is 12.0 Å². The van der Waals surface area contributed by atoms with Crippen LogP contribution in [0, 0.1) is 0 Å². The summed E-state index contributed by atoms with van der Waals surface area (Å²) in [5.41, 5.74) is 2.50. The molecule has 0 aliphatic carbocycles. The number of carbonyl (C=O) groups excluding carboxylic acids is 1. The number of halogens is 1. The number of carbonyl (C=O) groups is 2. The number of benzene rings is 4. The van der Waals surface area contributed by atoms with Crippen LogP contribution in [0.25, 0.3) is 16.5 Å². The number of nitrogens with zero attached hydrogens (tertiary/aromatic N) is 4. The predicted molar refractivity (Wildman–Crippen MR) is 192 cm³/mol. The number of nitrogens with one attached hydrogen (secondary N) is 3. The van der Waals surface area contributed by atoms with Crippen LogP contribution in [0.1, 0.15) is 36.8 Å². The number of ether oxygens (including phenoxy) is 2. The van der Waals surface area contributed by atoms with Crippen molar-refractivity contribution in [2.75, 3.05) is 23.1 Å². The Morgan fingerprint density at radius 1 is 0.898 bits per heavy atom. The van der Waals surface area contributed by atoms with E-state index >= 15 is 0 Å². The average molecular weight is 723 g/mol. The fourth-order valence-electron chi connectivity index (χ4n) is 4.98. The second-order valence-electron chi connectivity index (χ2n) is 12.0. The molecule has 0 saturated heterocycles. The van der Waals surface area contributed by atoms with Crippen LogP contribution < -0.4 is 25.4 Å². The number of carboxylic acids is 1. The molecule has 4 aromatic carbocycles. The zero-order chi connectivity index (χ0) is 34.7. The third-order valence-corrected chi connectivity index (χ3v) is 7.87. The molecule has 2 aromatic heterocycles. The zero-order valence-electron chi connectivity index (χ0n) is 27.0. The van der Waals surface area contributed by atoms with E-state index in [9.17, 15) is 14.7 Å². The Bertz CT molecular complexity index is 2180. The molecule has 2 heterocycles. The molecule has 0 radical (unpaired) electrons. The molecule has 6 rings (SSSR count). The molecule has 13 heteroatoms. The van der Waals surface area contributed by atoms with Gasteiger partial charge in [-0.3, -0.25) is 5.32 Å². The quantitative estimate of drug-likeness (QED) is 0.115. The molecule has 0 bridgehead atoms. The van der Waals surface area contributed by atoms with Crippen LogP contribution in [0.3, 0.4) is 0 Å². The van der Waals surface area contributed by atoms with Gasteiger partial charge in [0.1, 0.15) is 17.3 Å². The molecule has 0 fully saturated rings. The fourth-order valence-corrected chi connectivity index (χ4v) is 5.48. The third kappa shape index (κ3) is 7.63. The third-order valence-electron chi connectivity index (χ3n) is 7.41. The van der Waals surface area contributed by atoms with Crippen molar-refractivity contribution >= 4 is 61.8 Å². The van der Waals surface area contributed by atoms with Crippen molar-refractivity contribution in [3.05, 3.63) is 113 Å². The van der Waals surface area contributed by atoms with Crippen molar-refractivity contribution in [2.24, 2.45) is 0 Å². The lowest BCUT2D eigenvalue weighted by atomic mass is 9.92. The lowest BCUT2D eigenvalue weighted by molar-refractivity contribution is 0.0696. The van der Waals surface area contributed by atoms with Crippen molar-refractivity contribution in [1.29, 1.82) is 0 Å². The van der Waals surface area contributed by atoms with Crippen molar-refractivity contribution in [2.45, 2.75) is 26.2 Å². The summed E-state index contributed by atoms with van der Waals surface area (Å²) < 4.78 is 13.8. The van der Waals surface area contributed by atoms with Crippen molar-refractivity contribution in [1.82, 2.24) is 19.7 Å². The standard InChI is InChI=1S/C36H32BrN7O5/c1-36(2,3)30-20-31(44(43-30)24-9-11-25(48-4)12-10-24)41-35(47)40-28-13-14-29(27-8-6-5-7-26(27)28)49-32-15-16-38-34(42-32)39-23-18-21(33(45)46)17-22(37)19-23/h5-20H,1-4H3,(H,45,46)(H,38,39,42)(H2,40,41,47). The number of anilines is 4. The zero-order valence-corrected chi connectivity index (χ0v) is 28.6. The second-order valence-corrected chi connectivity index (χ2v) is 12.9. The maximum absolute atomic E-state index is 13.4. The molecule has 6 aromatic rings.